The van der Waals surface area contributed by atoms with Gasteiger partial charge in [0.15, 0.2) is 0 Å². The van der Waals surface area contributed by atoms with E-state index in [1.54, 1.807) is 13.0 Å². The largest absolute Gasteiger partial charge is 0.491 e. The first kappa shape index (κ1) is 12.8. The van der Waals surface area contributed by atoms with Gasteiger partial charge in [-0.25, -0.2) is 0 Å². The van der Waals surface area contributed by atoms with Gasteiger partial charge in [-0.3, -0.25) is 4.79 Å². The maximum Gasteiger partial charge on any atom is 0.311 e. The summed E-state index contributed by atoms with van der Waals surface area (Å²) in [6, 6.07) is 5.52. The minimum Gasteiger partial charge on any atom is -0.491 e. The number of benzene rings is 1. The van der Waals surface area contributed by atoms with Gasteiger partial charge < -0.3 is 9.47 Å². The Balaban J connectivity index is 2.58. The summed E-state index contributed by atoms with van der Waals surface area (Å²) >= 11 is 5.99. The Kier molecular flexibility index (Phi) is 4.62. The van der Waals surface area contributed by atoms with Crippen LogP contribution in [0.3, 0.4) is 0 Å². The maximum atomic E-state index is 11.1. The van der Waals surface area contributed by atoms with Crippen molar-refractivity contribution in [2.45, 2.75) is 13.8 Å². The Hall–Kier alpha value is -1.22. The molecule has 1 atom stereocenters. The number of aryl methyl sites for hydroxylation is 1. The second kappa shape index (κ2) is 5.75. The van der Waals surface area contributed by atoms with E-state index >= 15 is 0 Å². The lowest BCUT2D eigenvalue weighted by atomic mass is 10.2. The fourth-order valence-electron chi connectivity index (χ4n) is 1.21. The first-order valence-electron chi connectivity index (χ1n) is 5.01. The van der Waals surface area contributed by atoms with Crippen LogP contribution in [-0.4, -0.2) is 19.7 Å². The highest BCUT2D eigenvalue weighted by atomic mass is 35.5. The predicted octanol–water partition coefficient (Wildman–Crippen LogP) is 2.84. The molecule has 0 N–H and O–H groups in total. The highest BCUT2D eigenvalue weighted by Crippen LogP contribution is 2.25. The molecule has 16 heavy (non-hydrogen) atoms. The fraction of sp³-hybridized carbons (Fsp3) is 0.417. The first-order chi connectivity index (χ1) is 7.54. The molecule has 0 aliphatic carbocycles. The van der Waals surface area contributed by atoms with Gasteiger partial charge in [-0.05, 0) is 31.5 Å². The molecule has 0 aliphatic heterocycles. The lowest BCUT2D eigenvalue weighted by Crippen LogP contribution is -2.20. The highest BCUT2D eigenvalue weighted by Gasteiger charge is 2.14. The van der Waals surface area contributed by atoms with Gasteiger partial charge in [0.25, 0.3) is 0 Å². The van der Waals surface area contributed by atoms with Crippen LogP contribution < -0.4 is 4.74 Å². The van der Waals surface area contributed by atoms with Crippen LogP contribution in [0.5, 0.6) is 5.75 Å². The van der Waals surface area contributed by atoms with E-state index in [1.165, 1.54) is 7.11 Å². The molecular formula is C12H15ClO3. The summed E-state index contributed by atoms with van der Waals surface area (Å²) in [6.45, 7) is 3.95. The van der Waals surface area contributed by atoms with Crippen molar-refractivity contribution < 1.29 is 14.3 Å². The van der Waals surface area contributed by atoms with Crippen molar-refractivity contribution in [1.29, 1.82) is 0 Å². The van der Waals surface area contributed by atoms with E-state index in [4.69, 9.17) is 16.3 Å². The number of methoxy groups -OCH3 is 1. The van der Waals surface area contributed by atoms with Crippen molar-refractivity contribution in [3.05, 3.63) is 28.8 Å². The Morgan fingerprint density at radius 2 is 2.19 bits per heavy atom. The van der Waals surface area contributed by atoms with E-state index in [1.807, 2.05) is 19.1 Å². The van der Waals surface area contributed by atoms with Crippen LogP contribution >= 0.6 is 11.6 Å². The molecule has 0 saturated heterocycles. The van der Waals surface area contributed by atoms with Crippen LogP contribution in [0.15, 0.2) is 18.2 Å². The van der Waals surface area contributed by atoms with Gasteiger partial charge in [0.1, 0.15) is 12.4 Å². The molecule has 0 radical (unpaired) electrons. The normalized spacial score (nSPS) is 12.0. The lowest BCUT2D eigenvalue weighted by molar-refractivity contribution is -0.145. The molecule has 0 aliphatic rings. The third kappa shape index (κ3) is 3.42. The van der Waals surface area contributed by atoms with Gasteiger partial charge in [-0.2, -0.15) is 0 Å². The second-order valence-corrected chi connectivity index (χ2v) is 4.08. The van der Waals surface area contributed by atoms with Crippen LogP contribution in [-0.2, 0) is 9.53 Å². The van der Waals surface area contributed by atoms with Gasteiger partial charge in [0, 0.05) is 0 Å². The topological polar surface area (TPSA) is 35.5 Å². The standard InChI is InChI=1S/C12H15ClO3/c1-8-4-5-11(10(13)6-8)16-7-9(2)12(14)15-3/h4-6,9H,7H2,1-3H3. The van der Waals surface area contributed by atoms with Crippen molar-refractivity contribution in [1.82, 2.24) is 0 Å². The number of ether oxygens (including phenoxy) is 2. The van der Waals surface area contributed by atoms with Crippen molar-refractivity contribution in [3.8, 4) is 5.75 Å². The van der Waals surface area contributed by atoms with E-state index < -0.39 is 0 Å². The van der Waals surface area contributed by atoms with Crippen molar-refractivity contribution in [2.75, 3.05) is 13.7 Å². The maximum absolute atomic E-state index is 11.1. The SMILES string of the molecule is COC(=O)C(C)COc1ccc(C)cc1Cl. The number of halogens is 1. The van der Waals surface area contributed by atoms with Gasteiger partial charge in [0.2, 0.25) is 0 Å². The van der Waals surface area contributed by atoms with Gasteiger partial charge in [-0.15, -0.1) is 0 Å². The number of carbonyl (C=O) groups excluding carboxylic acids is 1. The number of rotatable bonds is 4. The quantitative estimate of drug-likeness (QED) is 0.762. The third-order valence-corrected chi connectivity index (χ3v) is 2.48. The zero-order chi connectivity index (χ0) is 12.1. The number of carbonyl (C=O) groups is 1. The molecule has 3 nitrogen and oxygen atoms in total. The average Bonchev–Trinajstić information content (AvgIpc) is 2.26. The summed E-state index contributed by atoms with van der Waals surface area (Å²) in [5, 5.41) is 0.553. The zero-order valence-electron chi connectivity index (χ0n) is 9.62. The average molecular weight is 243 g/mol. The summed E-state index contributed by atoms with van der Waals surface area (Å²) in [5.41, 5.74) is 1.07. The van der Waals surface area contributed by atoms with E-state index in [9.17, 15) is 4.79 Å². The molecule has 0 spiro atoms. The molecule has 0 saturated carbocycles. The Morgan fingerprint density at radius 3 is 2.75 bits per heavy atom. The van der Waals surface area contributed by atoms with Crippen LogP contribution in [0.25, 0.3) is 0 Å². The van der Waals surface area contributed by atoms with Crippen molar-refractivity contribution >= 4 is 17.6 Å². The zero-order valence-corrected chi connectivity index (χ0v) is 10.4. The fourth-order valence-corrected chi connectivity index (χ4v) is 1.50. The molecule has 0 heterocycles. The first-order valence-corrected chi connectivity index (χ1v) is 5.39. The summed E-state index contributed by atoms with van der Waals surface area (Å²) < 4.78 is 10.0. The number of esters is 1. The monoisotopic (exact) mass is 242 g/mol. The van der Waals surface area contributed by atoms with E-state index in [2.05, 4.69) is 4.74 Å². The molecule has 0 bridgehead atoms. The van der Waals surface area contributed by atoms with Gasteiger partial charge in [0.05, 0.1) is 18.1 Å². The summed E-state index contributed by atoms with van der Waals surface area (Å²) in [7, 11) is 1.36. The molecule has 88 valence electrons. The Morgan fingerprint density at radius 1 is 1.50 bits per heavy atom. The third-order valence-electron chi connectivity index (χ3n) is 2.18. The van der Waals surface area contributed by atoms with Gasteiger partial charge in [-0.1, -0.05) is 17.7 Å². The van der Waals surface area contributed by atoms with Crippen LogP contribution in [0.4, 0.5) is 0 Å². The molecule has 0 amide bonds. The lowest BCUT2D eigenvalue weighted by Gasteiger charge is -2.12. The minimum atomic E-state index is -0.303. The Bertz CT molecular complexity index is 377. The van der Waals surface area contributed by atoms with E-state index in [0.29, 0.717) is 10.8 Å². The summed E-state index contributed by atoms with van der Waals surface area (Å²) in [6.07, 6.45) is 0. The smallest absolute Gasteiger partial charge is 0.311 e. The van der Waals surface area contributed by atoms with E-state index in [-0.39, 0.29) is 18.5 Å². The minimum absolute atomic E-state index is 0.259. The molecular weight excluding hydrogens is 228 g/mol. The van der Waals surface area contributed by atoms with Crippen molar-refractivity contribution in [3.63, 3.8) is 0 Å². The molecule has 1 rings (SSSR count). The van der Waals surface area contributed by atoms with Crippen LogP contribution in [0.2, 0.25) is 5.02 Å². The number of hydrogen-bond acceptors (Lipinski definition) is 3. The second-order valence-electron chi connectivity index (χ2n) is 3.67. The van der Waals surface area contributed by atoms with Gasteiger partial charge >= 0.3 is 5.97 Å². The highest BCUT2D eigenvalue weighted by molar-refractivity contribution is 6.32. The molecule has 1 unspecified atom stereocenters. The van der Waals surface area contributed by atoms with Crippen molar-refractivity contribution in [2.24, 2.45) is 5.92 Å². The molecule has 1 aromatic rings. The summed E-state index contributed by atoms with van der Waals surface area (Å²) in [4.78, 5) is 11.1. The van der Waals surface area contributed by atoms with Crippen LogP contribution in [0.1, 0.15) is 12.5 Å². The molecule has 0 aromatic heterocycles. The van der Waals surface area contributed by atoms with Crippen LogP contribution in [0, 0.1) is 12.8 Å². The molecule has 0 fully saturated rings. The summed E-state index contributed by atoms with van der Waals surface area (Å²) in [5.74, 6) is -0.00590. The predicted molar refractivity (Wildman–Crippen MR) is 62.9 cm³/mol. The molecule has 1 aromatic carbocycles. The molecule has 4 heteroatoms. The number of hydrogen-bond donors (Lipinski definition) is 0. The Labute approximate surface area is 100 Å². The van der Waals surface area contributed by atoms with E-state index in [0.717, 1.165) is 5.56 Å².